The van der Waals surface area contributed by atoms with E-state index in [-0.39, 0.29) is 5.75 Å². The molecule has 2 aromatic carbocycles. The van der Waals surface area contributed by atoms with Crippen molar-refractivity contribution in [2.24, 2.45) is 0 Å². The monoisotopic (exact) mass is 387 g/mol. The number of benzene rings is 2. The summed E-state index contributed by atoms with van der Waals surface area (Å²) in [6, 6.07) is 13.4. The summed E-state index contributed by atoms with van der Waals surface area (Å²) in [6.45, 7) is 2.23. The number of ether oxygens (including phenoxy) is 1. The van der Waals surface area contributed by atoms with Gasteiger partial charge in [-0.05, 0) is 36.8 Å². The maximum atomic E-state index is 12.3. The number of nitrogens with zero attached hydrogens (tertiary/aromatic N) is 5. The lowest BCUT2D eigenvalue weighted by Crippen LogP contribution is -2.21. The van der Waals surface area contributed by atoms with E-state index in [1.165, 1.54) is 12.1 Å². The number of rotatable bonds is 4. The molecule has 2 heterocycles. The second-order valence-electron chi connectivity index (χ2n) is 6.37. The molecule has 4 aromatic rings. The highest BCUT2D eigenvalue weighted by molar-refractivity contribution is 5.92. The number of aryl methyl sites for hydroxylation is 1. The average Bonchev–Trinajstić information content (AvgIpc) is 3.03. The molecule has 0 aliphatic carbocycles. The summed E-state index contributed by atoms with van der Waals surface area (Å²) in [6.07, 6.45) is -4.70. The van der Waals surface area contributed by atoms with Gasteiger partial charge in [0.1, 0.15) is 11.6 Å². The van der Waals surface area contributed by atoms with E-state index in [4.69, 9.17) is 4.98 Å². The Hall–Kier alpha value is -3.36. The molecule has 2 aromatic heterocycles. The minimum atomic E-state index is -4.70. The molecule has 0 radical (unpaired) electrons. The number of anilines is 1. The molecule has 0 saturated heterocycles. The van der Waals surface area contributed by atoms with Crippen molar-refractivity contribution < 1.29 is 17.9 Å². The fourth-order valence-corrected chi connectivity index (χ4v) is 3.03. The number of hydrogen-bond acceptors (Lipinski definition) is 5. The molecule has 0 amide bonds. The first kappa shape index (κ1) is 18.0. The van der Waals surface area contributed by atoms with Gasteiger partial charge < -0.3 is 9.64 Å². The Kier molecular flexibility index (Phi) is 4.29. The van der Waals surface area contributed by atoms with Crippen molar-refractivity contribution in [3.63, 3.8) is 0 Å². The maximum absolute atomic E-state index is 12.3. The van der Waals surface area contributed by atoms with Crippen molar-refractivity contribution in [2.75, 3.05) is 11.9 Å². The van der Waals surface area contributed by atoms with Crippen LogP contribution in [0.3, 0.4) is 0 Å². The zero-order valence-electron chi connectivity index (χ0n) is 15.1. The standard InChI is InChI=1S/C19H16F3N5O/c1-12-23-17-15-5-3-4-6-16(15)24-18(27(17)25-12)26(2)11-13-7-9-14(10-8-13)28-19(20,21)22/h3-10H,11H2,1-2H3. The van der Waals surface area contributed by atoms with Gasteiger partial charge in [0.2, 0.25) is 5.95 Å². The van der Waals surface area contributed by atoms with E-state index in [1.54, 1.807) is 16.6 Å². The molecule has 144 valence electrons. The van der Waals surface area contributed by atoms with Crippen molar-refractivity contribution in [3.05, 3.63) is 59.9 Å². The van der Waals surface area contributed by atoms with E-state index in [0.29, 0.717) is 24.0 Å². The minimum Gasteiger partial charge on any atom is -0.406 e. The Morgan fingerprint density at radius 2 is 1.75 bits per heavy atom. The van der Waals surface area contributed by atoms with Crippen LogP contribution in [0.1, 0.15) is 11.4 Å². The van der Waals surface area contributed by atoms with Gasteiger partial charge in [-0.25, -0.2) is 9.97 Å². The summed E-state index contributed by atoms with van der Waals surface area (Å²) in [5.41, 5.74) is 2.30. The number of aromatic nitrogens is 4. The number of fused-ring (bicyclic) bond motifs is 3. The molecular formula is C19H16F3N5O. The lowest BCUT2D eigenvalue weighted by Gasteiger charge is -2.19. The number of halogens is 3. The van der Waals surface area contributed by atoms with E-state index in [1.807, 2.05) is 43.1 Å². The van der Waals surface area contributed by atoms with Gasteiger partial charge in [0.25, 0.3) is 0 Å². The summed E-state index contributed by atoms with van der Waals surface area (Å²) in [5.74, 6) is 0.961. The van der Waals surface area contributed by atoms with E-state index >= 15 is 0 Å². The van der Waals surface area contributed by atoms with Crippen LogP contribution in [-0.2, 0) is 6.54 Å². The zero-order chi connectivity index (χ0) is 19.9. The molecule has 0 fully saturated rings. The van der Waals surface area contributed by atoms with Crippen LogP contribution in [0.2, 0.25) is 0 Å². The molecule has 0 aliphatic heterocycles. The van der Waals surface area contributed by atoms with E-state index in [2.05, 4.69) is 14.8 Å². The largest absolute Gasteiger partial charge is 0.573 e. The molecule has 4 rings (SSSR count). The summed E-state index contributed by atoms with van der Waals surface area (Å²) < 4.78 is 42.5. The minimum absolute atomic E-state index is 0.253. The van der Waals surface area contributed by atoms with Crippen LogP contribution in [0.15, 0.2) is 48.5 Å². The molecule has 0 unspecified atom stereocenters. The molecule has 0 atom stereocenters. The Balaban J connectivity index is 1.66. The van der Waals surface area contributed by atoms with Gasteiger partial charge in [-0.1, -0.05) is 24.3 Å². The molecule has 28 heavy (non-hydrogen) atoms. The number of alkyl halides is 3. The smallest absolute Gasteiger partial charge is 0.406 e. The van der Waals surface area contributed by atoms with Crippen molar-refractivity contribution in [3.8, 4) is 5.75 Å². The van der Waals surface area contributed by atoms with E-state index < -0.39 is 6.36 Å². The summed E-state index contributed by atoms with van der Waals surface area (Å²) >= 11 is 0. The predicted molar refractivity (Wildman–Crippen MR) is 98.3 cm³/mol. The van der Waals surface area contributed by atoms with Crippen molar-refractivity contribution in [1.82, 2.24) is 19.6 Å². The number of para-hydroxylation sites is 1. The third kappa shape index (κ3) is 3.55. The molecule has 0 N–H and O–H groups in total. The highest BCUT2D eigenvalue weighted by atomic mass is 19.4. The van der Waals surface area contributed by atoms with Gasteiger partial charge >= 0.3 is 6.36 Å². The van der Waals surface area contributed by atoms with Crippen LogP contribution in [0, 0.1) is 6.92 Å². The summed E-state index contributed by atoms with van der Waals surface area (Å²) in [5, 5.41) is 5.33. The highest BCUT2D eigenvalue weighted by Crippen LogP contribution is 2.25. The fourth-order valence-electron chi connectivity index (χ4n) is 3.03. The second kappa shape index (κ2) is 6.66. The second-order valence-corrected chi connectivity index (χ2v) is 6.37. The topological polar surface area (TPSA) is 55.5 Å². The normalized spacial score (nSPS) is 11.9. The maximum Gasteiger partial charge on any atom is 0.573 e. The van der Waals surface area contributed by atoms with Crippen LogP contribution < -0.4 is 9.64 Å². The molecule has 0 aliphatic rings. The van der Waals surface area contributed by atoms with Gasteiger partial charge in [-0.15, -0.1) is 18.3 Å². The Morgan fingerprint density at radius 1 is 1.04 bits per heavy atom. The van der Waals surface area contributed by atoms with Gasteiger partial charge in [0, 0.05) is 19.0 Å². The molecule has 0 spiro atoms. The number of hydrogen-bond donors (Lipinski definition) is 0. The van der Waals surface area contributed by atoms with Gasteiger partial charge in [0.05, 0.1) is 5.52 Å². The molecule has 9 heteroatoms. The third-order valence-corrected chi connectivity index (χ3v) is 4.19. The van der Waals surface area contributed by atoms with Gasteiger partial charge in [-0.2, -0.15) is 4.52 Å². The van der Waals surface area contributed by atoms with E-state index in [9.17, 15) is 13.2 Å². The fraction of sp³-hybridized carbons (Fsp3) is 0.211. The third-order valence-electron chi connectivity index (χ3n) is 4.19. The van der Waals surface area contributed by atoms with Crippen LogP contribution in [-0.4, -0.2) is 33.0 Å². The Morgan fingerprint density at radius 3 is 2.46 bits per heavy atom. The van der Waals surface area contributed by atoms with Crippen molar-refractivity contribution >= 4 is 22.5 Å². The molecular weight excluding hydrogens is 371 g/mol. The van der Waals surface area contributed by atoms with Crippen molar-refractivity contribution in [2.45, 2.75) is 19.8 Å². The summed E-state index contributed by atoms with van der Waals surface area (Å²) in [4.78, 5) is 11.1. The van der Waals surface area contributed by atoms with Crippen LogP contribution >= 0.6 is 0 Å². The quantitative estimate of drug-likeness (QED) is 0.527. The molecule has 0 bridgehead atoms. The van der Waals surface area contributed by atoms with Crippen LogP contribution in [0.25, 0.3) is 16.6 Å². The first-order valence-corrected chi connectivity index (χ1v) is 8.48. The lowest BCUT2D eigenvalue weighted by atomic mass is 10.2. The summed E-state index contributed by atoms with van der Waals surface area (Å²) in [7, 11) is 1.84. The average molecular weight is 387 g/mol. The van der Waals surface area contributed by atoms with Crippen molar-refractivity contribution in [1.29, 1.82) is 0 Å². The molecule has 0 saturated carbocycles. The van der Waals surface area contributed by atoms with Crippen LogP contribution in [0.4, 0.5) is 19.1 Å². The SMILES string of the molecule is Cc1nc2c3ccccc3nc(N(C)Cc3ccc(OC(F)(F)F)cc3)n2n1. The Labute approximate surface area is 158 Å². The first-order chi connectivity index (χ1) is 13.3. The molecule has 6 nitrogen and oxygen atoms in total. The zero-order valence-corrected chi connectivity index (χ0v) is 15.1. The van der Waals surface area contributed by atoms with Gasteiger partial charge in [-0.3, -0.25) is 0 Å². The van der Waals surface area contributed by atoms with Crippen LogP contribution in [0.5, 0.6) is 5.75 Å². The first-order valence-electron chi connectivity index (χ1n) is 8.48. The highest BCUT2D eigenvalue weighted by Gasteiger charge is 2.31. The predicted octanol–water partition coefficient (Wildman–Crippen LogP) is 4.12. The van der Waals surface area contributed by atoms with E-state index in [0.717, 1.165) is 16.5 Å². The Bertz CT molecular complexity index is 1140. The van der Waals surface area contributed by atoms with Gasteiger partial charge in [0.15, 0.2) is 5.65 Å². The lowest BCUT2D eigenvalue weighted by molar-refractivity contribution is -0.274.